The Balaban J connectivity index is 0.000000482. The average molecular weight is 770 g/mol. The van der Waals surface area contributed by atoms with Crippen molar-refractivity contribution >= 4 is 11.4 Å². The first-order valence-corrected chi connectivity index (χ1v) is 24.0. The summed E-state index contributed by atoms with van der Waals surface area (Å²) in [4.78, 5) is 0. The number of hydrogen-bond acceptors (Lipinski definition) is 0. The zero-order valence-electron chi connectivity index (χ0n) is 35.6. The van der Waals surface area contributed by atoms with Crippen LogP contribution in [0.15, 0.2) is 59.7 Å². The second-order valence-corrected chi connectivity index (χ2v) is 17.0. The Hall–Kier alpha value is -1.99. The molecule has 0 bridgehead atoms. The van der Waals surface area contributed by atoms with Gasteiger partial charge in [-0.15, -0.1) is 0 Å². The molecule has 3 heteroatoms. The van der Waals surface area contributed by atoms with Crippen LogP contribution in [0, 0.1) is 0 Å². The number of hydrogen-bond donors (Lipinski definition) is 0. The quantitative estimate of drug-likeness (QED) is 0.0430. The molecule has 2 aromatic rings. The van der Waals surface area contributed by atoms with Gasteiger partial charge in [0.15, 0.2) is 0 Å². The van der Waals surface area contributed by atoms with Gasteiger partial charge in [-0.2, -0.15) is 0 Å². The van der Waals surface area contributed by atoms with Gasteiger partial charge in [-0.05, 0) is 86.8 Å². The van der Waals surface area contributed by atoms with Gasteiger partial charge in [0, 0.05) is 22.3 Å². The Labute approximate surface area is 335 Å². The topological polar surface area (TPSA) is 25.3 Å². The molecule has 53 heavy (non-hydrogen) atoms. The summed E-state index contributed by atoms with van der Waals surface area (Å²) in [5.74, 6) is 0. The third-order valence-corrected chi connectivity index (χ3v) is 12.1. The van der Waals surface area contributed by atoms with Crippen molar-refractivity contribution in [2.75, 3.05) is 0 Å². The molecule has 0 saturated carbocycles. The van der Waals surface area contributed by atoms with Gasteiger partial charge in [-0.3, -0.25) is 0 Å². The smallest absolute Gasteiger partial charge is 0.211 e. The first-order valence-electron chi connectivity index (χ1n) is 22.6. The van der Waals surface area contributed by atoms with Gasteiger partial charge in [0.05, 0.1) is 0 Å². The summed E-state index contributed by atoms with van der Waals surface area (Å²) < 4.78 is 1.52. The molecule has 0 aromatic heterocycles. The molecule has 0 amide bonds. The van der Waals surface area contributed by atoms with E-state index < -0.39 is 0 Å². The Bertz CT molecular complexity index is 1170. The minimum Gasteiger partial charge on any atom is -0.493 e. The van der Waals surface area contributed by atoms with Crippen molar-refractivity contribution in [2.24, 2.45) is 0 Å². The predicted octanol–water partition coefficient (Wildman–Crippen LogP) is 17.3. The van der Waals surface area contributed by atoms with E-state index in [1.807, 2.05) is 14.4 Å². The van der Waals surface area contributed by atoms with Crippen molar-refractivity contribution in [1.29, 1.82) is 0 Å². The maximum absolute atomic E-state index is 11.7. The molecule has 0 fully saturated rings. The van der Waals surface area contributed by atoms with Gasteiger partial charge in [0.2, 0.25) is 11.4 Å². The van der Waals surface area contributed by atoms with E-state index in [1.54, 1.807) is 0 Å². The molecule has 3 rings (SSSR count). The molecule has 0 atom stereocenters. The molecule has 1 aliphatic heterocycles. The molecular formula is C50H82N2Ni. The van der Waals surface area contributed by atoms with Crippen molar-refractivity contribution < 1.29 is 19.1 Å². The molecule has 302 valence electrons. The Kier molecular flexibility index (Phi) is 27.8. The first kappa shape index (κ1) is 47.2. The molecule has 0 unspecified atom stereocenters. The van der Waals surface area contributed by atoms with Crippen molar-refractivity contribution in [3.05, 3.63) is 87.5 Å². The van der Waals surface area contributed by atoms with E-state index >= 15 is 0 Å². The monoisotopic (exact) mass is 769 g/mol. The minimum atomic E-state index is 0.997. The summed E-state index contributed by atoms with van der Waals surface area (Å²) in [6, 6.07) is 17.9. The fourth-order valence-electron chi connectivity index (χ4n) is 7.26. The number of aryl methyl sites for hydroxylation is 2. The molecule has 0 spiro atoms. The van der Waals surface area contributed by atoms with E-state index in [1.165, 1.54) is 153 Å². The van der Waals surface area contributed by atoms with Crippen LogP contribution in [0.1, 0.15) is 218 Å². The third-order valence-electron chi connectivity index (χ3n) is 10.7. The molecule has 1 aliphatic rings. The molecule has 0 aliphatic carbocycles. The van der Waals surface area contributed by atoms with Gasteiger partial charge in [-0.25, -0.2) is 4.70 Å². The molecule has 0 radical (unpaired) electrons. The zero-order chi connectivity index (χ0) is 38.4. The van der Waals surface area contributed by atoms with Crippen molar-refractivity contribution in [2.45, 2.75) is 219 Å². The van der Waals surface area contributed by atoms with Gasteiger partial charge in [0.1, 0.15) is 0 Å². The largest absolute Gasteiger partial charge is 0.493 e. The second-order valence-electron chi connectivity index (χ2n) is 15.5. The van der Waals surface area contributed by atoms with Crippen LogP contribution in [0.2, 0.25) is 10.8 Å². The summed E-state index contributed by atoms with van der Waals surface area (Å²) in [5, 5.41) is 2.85. The standard InChI is InChI=1S/C34H48N2.2C8H17.Ni/c1-5-9-13-15-27-19-23-29(24-20-27)33-31(17-11-7-3)32(18-12-8-4)34(36(33)35)30-25-21-28(22-26-30)16-14-10-6-2;2*1-3-5-7-8-6-4-2;/h19-26H,5-18H2,1-4H3;2*1,3-8H2,2H3;. The van der Waals surface area contributed by atoms with Crippen LogP contribution in [-0.2, 0) is 27.3 Å². The molecule has 1 heterocycles. The van der Waals surface area contributed by atoms with E-state index in [4.69, 9.17) is 0 Å². The normalized spacial score (nSPS) is 13.0. The van der Waals surface area contributed by atoms with Crippen LogP contribution < -0.4 is 0 Å². The molecular weight excluding hydrogens is 687 g/mol. The zero-order valence-corrected chi connectivity index (χ0v) is 36.6. The van der Waals surface area contributed by atoms with Crippen LogP contribution in [0.25, 0.3) is 16.9 Å². The van der Waals surface area contributed by atoms with E-state index in [0.717, 1.165) is 73.9 Å². The summed E-state index contributed by atoms with van der Waals surface area (Å²) in [6.45, 7) is 13.6. The predicted molar refractivity (Wildman–Crippen MR) is 232 cm³/mol. The van der Waals surface area contributed by atoms with Crippen LogP contribution in [0.4, 0.5) is 0 Å². The van der Waals surface area contributed by atoms with E-state index in [-0.39, 0.29) is 0 Å². The Morgan fingerprint density at radius 1 is 0.377 bits per heavy atom. The van der Waals surface area contributed by atoms with Crippen LogP contribution >= 0.6 is 0 Å². The van der Waals surface area contributed by atoms with E-state index in [2.05, 4.69) is 90.1 Å². The maximum atomic E-state index is 11.7. The SMILES string of the molecule is CCCCCCC[CH2][Ni][CH2]CCCCCCC.CCCCCc1ccc(C2=C(CCCC)C(CCCC)=C(c3ccc(CCCCC)cc3)[N+]2=[N-])cc1. The first-order chi connectivity index (χ1) is 26.1. The van der Waals surface area contributed by atoms with Crippen molar-refractivity contribution in [3.63, 3.8) is 0 Å². The minimum absolute atomic E-state index is 0.997. The number of benzene rings is 2. The van der Waals surface area contributed by atoms with Crippen LogP contribution in [0.3, 0.4) is 0 Å². The van der Waals surface area contributed by atoms with E-state index in [9.17, 15) is 5.53 Å². The van der Waals surface area contributed by atoms with Crippen LogP contribution in [-0.4, -0.2) is 4.70 Å². The number of unbranched alkanes of at least 4 members (excludes halogenated alkanes) is 16. The van der Waals surface area contributed by atoms with Crippen LogP contribution in [0.5, 0.6) is 0 Å². The number of nitrogens with zero attached hydrogens (tertiary/aromatic N) is 2. The summed E-state index contributed by atoms with van der Waals surface area (Å²) >= 11 is 2.01. The summed E-state index contributed by atoms with van der Waals surface area (Å²) in [7, 11) is 0. The van der Waals surface area contributed by atoms with Crippen molar-refractivity contribution in [3.8, 4) is 0 Å². The average Bonchev–Trinajstić information content (AvgIpc) is 3.46. The summed E-state index contributed by atoms with van der Waals surface area (Å²) in [5.41, 5.74) is 21.4. The second kappa shape index (κ2) is 31.2. The fraction of sp³-hybridized carbons (Fsp3) is 0.680. The molecule has 0 saturated heterocycles. The van der Waals surface area contributed by atoms with Gasteiger partial charge < -0.3 is 5.53 Å². The molecule has 2 aromatic carbocycles. The van der Waals surface area contributed by atoms with Gasteiger partial charge in [0.25, 0.3) is 0 Å². The Morgan fingerprint density at radius 3 is 1.06 bits per heavy atom. The fourth-order valence-corrected chi connectivity index (χ4v) is 8.50. The van der Waals surface area contributed by atoms with Crippen molar-refractivity contribution in [1.82, 2.24) is 0 Å². The number of rotatable bonds is 30. The molecule has 0 N–H and O–H groups in total. The third kappa shape index (κ3) is 18.9. The van der Waals surface area contributed by atoms with E-state index in [0.29, 0.717) is 0 Å². The van der Waals surface area contributed by atoms with Gasteiger partial charge in [-0.1, -0.05) is 90.5 Å². The maximum Gasteiger partial charge on any atom is 0.211 e. The summed E-state index contributed by atoms with van der Waals surface area (Å²) in [6.07, 6.45) is 33.7. The Morgan fingerprint density at radius 2 is 0.698 bits per heavy atom. The number of allylic oxidation sites excluding steroid dienone is 2. The molecule has 2 nitrogen and oxygen atoms in total. The van der Waals surface area contributed by atoms with Gasteiger partial charge >= 0.3 is 116 Å².